The van der Waals surface area contributed by atoms with Gasteiger partial charge in [-0.2, -0.15) is 0 Å². The highest BCUT2D eigenvalue weighted by Crippen LogP contribution is 2.49. The minimum atomic E-state index is -2.01. The molecule has 7 rings (SSSR count). The van der Waals surface area contributed by atoms with E-state index >= 15 is 0 Å². The monoisotopic (exact) mass is 653 g/mol. The van der Waals surface area contributed by atoms with Gasteiger partial charge >= 0.3 is 0 Å². The van der Waals surface area contributed by atoms with Crippen LogP contribution in [-0.2, 0) is 25.5 Å². The molecule has 2 aromatic rings. The molecule has 0 radical (unpaired) electrons. The van der Waals surface area contributed by atoms with E-state index in [0.29, 0.717) is 25.9 Å². The summed E-state index contributed by atoms with van der Waals surface area (Å²) >= 11 is 3.70. The third kappa shape index (κ3) is 4.04. The second-order valence-corrected chi connectivity index (χ2v) is 14.5. The number of fused-ring (bicyclic) bond motifs is 5. The first-order chi connectivity index (χ1) is 20.4. The highest BCUT2D eigenvalue weighted by atomic mass is 79.9. The van der Waals surface area contributed by atoms with Gasteiger partial charge in [0, 0.05) is 36.0 Å². The fraction of sp³-hybridized carbons (Fsp3) is 0.594. The molecule has 6 atom stereocenters. The van der Waals surface area contributed by atoms with E-state index in [1.54, 1.807) is 18.7 Å². The predicted octanol–water partition coefficient (Wildman–Crippen LogP) is 3.19. The minimum absolute atomic E-state index is 0.104. The van der Waals surface area contributed by atoms with E-state index < -0.39 is 41.5 Å². The largest absolute Gasteiger partial charge is 0.349 e. The number of rotatable bonds is 5. The van der Waals surface area contributed by atoms with Gasteiger partial charge in [0.25, 0.3) is 11.8 Å². The maximum absolute atomic E-state index is 14.4. The maximum Gasteiger partial charge on any atom is 0.281 e. The number of carbonyl (C=O) groups is 3. The Morgan fingerprint density at radius 2 is 2.02 bits per heavy atom. The molecule has 0 saturated carbocycles. The third-order valence-corrected chi connectivity index (χ3v) is 10.9. The zero-order chi connectivity index (χ0) is 30.6. The summed E-state index contributed by atoms with van der Waals surface area (Å²) in [5.41, 5.74) is 2.68. The third-order valence-electron chi connectivity index (χ3n) is 10.3. The van der Waals surface area contributed by atoms with E-state index in [2.05, 4.69) is 43.3 Å². The number of H-pyrrole nitrogens is 1. The van der Waals surface area contributed by atoms with Crippen LogP contribution in [0, 0.1) is 17.8 Å². The van der Waals surface area contributed by atoms with Crippen molar-refractivity contribution in [3.05, 3.63) is 40.0 Å². The number of aromatic amines is 1. The Hall–Kier alpha value is -2.73. The Bertz CT molecular complexity index is 1570. The Labute approximate surface area is 259 Å². The van der Waals surface area contributed by atoms with Crippen molar-refractivity contribution >= 4 is 50.1 Å². The van der Waals surface area contributed by atoms with Gasteiger partial charge < -0.3 is 20.3 Å². The van der Waals surface area contributed by atoms with Crippen molar-refractivity contribution in [1.29, 1.82) is 0 Å². The van der Waals surface area contributed by atoms with E-state index in [1.165, 1.54) is 15.8 Å². The maximum atomic E-state index is 14.4. The molecule has 3 N–H and O–H groups in total. The van der Waals surface area contributed by atoms with Gasteiger partial charge in [0.1, 0.15) is 12.1 Å². The van der Waals surface area contributed by atoms with Gasteiger partial charge in [0.15, 0.2) is 0 Å². The van der Waals surface area contributed by atoms with Gasteiger partial charge in [-0.1, -0.05) is 45.9 Å². The Morgan fingerprint density at radius 1 is 1.26 bits per heavy atom. The number of piperazine rings is 1. The minimum Gasteiger partial charge on any atom is -0.349 e. The zero-order valence-electron chi connectivity index (χ0n) is 25.3. The van der Waals surface area contributed by atoms with Crippen molar-refractivity contribution in [1.82, 2.24) is 25.0 Å². The van der Waals surface area contributed by atoms with E-state index in [9.17, 15) is 19.5 Å². The van der Waals surface area contributed by atoms with Crippen molar-refractivity contribution in [2.75, 3.05) is 20.1 Å². The number of hydrogen-bond donors (Lipinski definition) is 3. The van der Waals surface area contributed by atoms with Gasteiger partial charge in [-0.05, 0) is 77.3 Å². The number of amides is 3. The molecule has 3 fully saturated rings. The first-order valence-electron chi connectivity index (χ1n) is 15.5. The van der Waals surface area contributed by atoms with Crippen LogP contribution in [-0.4, -0.2) is 92.4 Å². The van der Waals surface area contributed by atoms with E-state index in [-0.39, 0.29) is 23.8 Å². The molecule has 230 valence electrons. The zero-order valence-corrected chi connectivity index (χ0v) is 26.9. The topological polar surface area (TPSA) is 118 Å². The van der Waals surface area contributed by atoms with Crippen LogP contribution >= 0.6 is 15.9 Å². The summed E-state index contributed by atoms with van der Waals surface area (Å²) in [5, 5.41) is 16.3. The Kier molecular flexibility index (Phi) is 6.67. The molecule has 1 aromatic carbocycles. The van der Waals surface area contributed by atoms with E-state index in [1.807, 2.05) is 33.0 Å². The van der Waals surface area contributed by atoms with Crippen molar-refractivity contribution in [2.24, 2.45) is 17.8 Å². The van der Waals surface area contributed by atoms with Crippen molar-refractivity contribution < 1.29 is 24.2 Å². The van der Waals surface area contributed by atoms with Gasteiger partial charge in [-0.3, -0.25) is 28.9 Å². The van der Waals surface area contributed by atoms with Gasteiger partial charge in [0.05, 0.1) is 10.5 Å². The van der Waals surface area contributed by atoms with Crippen LogP contribution in [0.15, 0.2) is 28.9 Å². The predicted molar refractivity (Wildman–Crippen MR) is 164 cm³/mol. The molecule has 0 spiro atoms. The summed E-state index contributed by atoms with van der Waals surface area (Å²) in [5.74, 6) is -4.01. The van der Waals surface area contributed by atoms with Crippen molar-refractivity contribution in [3.8, 4) is 0 Å². The van der Waals surface area contributed by atoms with Crippen molar-refractivity contribution in [2.45, 2.75) is 83.1 Å². The van der Waals surface area contributed by atoms with E-state index in [4.69, 9.17) is 4.74 Å². The molecule has 43 heavy (non-hydrogen) atoms. The van der Waals surface area contributed by atoms with Gasteiger partial charge in [-0.15, -0.1) is 0 Å². The first-order valence-corrected chi connectivity index (χ1v) is 16.3. The molecular formula is C32H40BrN5O5. The number of halogens is 1. The molecule has 1 aliphatic carbocycles. The second-order valence-electron chi connectivity index (χ2n) is 13.7. The fourth-order valence-corrected chi connectivity index (χ4v) is 8.72. The number of aliphatic hydroxyl groups is 1. The van der Waals surface area contributed by atoms with Crippen LogP contribution in [0.1, 0.15) is 58.1 Å². The average molecular weight is 655 g/mol. The molecule has 5 aliphatic rings. The number of nitrogens with zero attached hydrogens (tertiary/aromatic N) is 3. The molecule has 1 aromatic heterocycles. The summed E-state index contributed by atoms with van der Waals surface area (Å²) in [6.07, 6.45) is 4.49. The fourth-order valence-electron chi connectivity index (χ4n) is 8.15. The lowest BCUT2D eigenvalue weighted by Crippen LogP contribution is -2.71. The molecular weight excluding hydrogens is 614 g/mol. The summed E-state index contributed by atoms with van der Waals surface area (Å²) in [6.45, 7) is 8.57. The number of hydrogen-bond acceptors (Lipinski definition) is 6. The summed E-state index contributed by atoms with van der Waals surface area (Å²) < 4.78 is 7.43. The number of likely N-dealkylation sites (N-methyl/N-ethyl adjacent to an activating group) is 1. The number of carbonyl (C=O) groups excluding carboxylic acids is 3. The number of nitrogens with one attached hydrogen (secondary N) is 2. The molecule has 11 heteroatoms. The number of benzene rings is 1. The smallest absolute Gasteiger partial charge is 0.281 e. The molecule has 0 bridgehead atoms. The molecule has 3 amide bonds. The van der Waals surface area contributed by atoms with E-state index in [0.717, 1.165) is 34.1 Å². The molecule has 3 saturated heterocycles. The lowest BCUT2D eigenvalue weighted by molar-refractivity contribution is -0.322. The number of ether oxygens (including phenoxy) is 1. The van der Waals surface area contributed by atoms with Crippen LogP contribution in [0.4, 0.5) is 0 Å². The van der Waals surface area contributed by atoms with Crippen LogP contribution in [0.5, 0.6) is 0 Å². The van der Waals surface area contributed by atoms with Gasteiger partial charge in [-0.25, -0.2) is 0 Å². The van der Waals surface area contributed by atoms with Crippen LogP contribution < -0.4 is 5.32 Å². The Balaban J connectivity index is 1.25. The molecule has 4 aliphatic heterocycles. The highest BCUT2D eigenvalue weighted by Gasteiger charge is 2.72. The van der Waals surface area contributed by atoms with Crippen LogP contribution in [0.25, 0.3) is 16.5 Å². The first kappa shape index (κ1) is 29.0. The lowest BCUT2D eigenvalue weighted by Gasteiger charge is -2.49. The normalized spacial score (nSPS) is 33.7. The SMILES string of the molecule is CC(C)C[C@H]1C(=O)N2CCC[C@@H]2[C@@]2(O)O[C@@](NC(=O)[C@H]3C=C4c5cccc6[nH]c(Br)c(c56)C[C@H]4N(C)C3)(C(C)C)C(=O)N12. The standard InChI is InChI=1S/C32H40BrN5O5/c1-16(2)12-24-29(40)37-11-7-10-25(37)32(42)38(24)30(41)31(43-32,17(3)4)35-28(39)18-13-20-19-8-6-9-22-26(19)21(27(33)34-22)14-23(20)36(5)15-18/h6,8-9,13,16-18,23-25,34,42H,7,10-12,14-15H2,1-5H3,(H,35,39)/t18-,23+,24-,25+,31-,32+/m0/s1. The molecule has 5 heterocycles. The molecule has 0 unspecified atom stereocenters. The average Bonchev–Trinajstić information content (AvgIpc) is 3.63. The van der Waals surface area contributed by atoms with Gasteiger partial charge in [0.2, 0.25) is 17.5 Å². The number of aromatic nitrogens is 1. The lowest BCUT2D eigenvalue weighted by atomic mass is 9.79. The molecule has 10 nitrogen and oxygen atoms in total. The summed E-state index contributed by atoms with van der Waals surface area (Å²) in [4.78, 5) is 50.8. The highest BCUT2D eigenvalue weighted by molar-refractivity contribution is 9.10. The van der Waals surface area contributed by atoms with Crippen LogP contribution in [0.2, 0.25) is 0 Å². The quantitative estimate of drug-likeness (QED) is 0.456. The second kappa shape index (κ2) is 9.89. The van der Waals surface area contributed by atoms with Crippen molar-refractivity contribution in [3.63, 3.8) is 0 Å². The Morgan fingerprint density at radius 3 is 2.74 bits per heavy atom. The van der Waals surface area contributed by atoms with Crippen LogP contribution in [0.3, 0.4) is 0 Å². The summed E-state index contributed by atoms with van der Waals surface area (Å²) in [6, 6.07) is 4.76. The summed E-state index contributed by atoms with van der Waals surface area (Å²) in [7, 11) is 2.03.